The van der Waals surface area contributed by atoms with E-state index in [0.717, 1.165) is 12.1 Å². The lowest BCUT2D eigenvalue weighted by Gasteiger charge is -2.42. The van der Waals surface area contributed by atoms with Crippen LogP contribution in [0.25, 0.3) is 22.3 Å². The molecule has 0 saturated carbocycles. The Kier molecular flexibility index (Phi) is 8.77. The summed E-state index contributed by atoms with van der Waals surface area (Å²) in [7, 11) is 0. The number of benzene rings is 2. The van der Waals surface area contributed by atoms with E-state index in [-0.39, 0.29) is 22.7 Å². The van der Waals surface area contributed by atoms with Crippen molar-refractivity contribution in [3.63, 3.8) is 0 Å². The van der Waals surface area contributed by atoms with Crippen LogP contribution < -0.4 is 10.2 Å². The average Bonchev–Trinajstić information content (AvgIpc) is 2.97. The Balaban J connectivity index is 1.45. The lowest BCUT2D eigenvalue weighted by molar-refractivity contribution is -0.323. The minimum absolute atomic E-state index is 0.116. The van der Waals surface area contributed by atoms with E-state index >= 15 is 0 Å². The quantitative estimate of drug-likeness (QED) is 0.133. The van der Waals surface area contributed by atoms with Crippen LogP contribution in [-0.2, 0) is 14.2 Å². The third kappa shape index (κ3) is 5.85. The van der Waals surface area contributed by atoms with Gasteiger partial charge in [0.15, 0.2) is 12.1 Å². The molecule has 10 N–H and O–H groups in total. The number of fused-ring (bicyclic) bond motifs is 1. The Morgan fingerprint density at radius 3 is 1.98 bits per heavy atom. The molecule has 1 aromatic heterocycles. The van der Waals surface area contributed by atoms with Gasteiger partial charge in [-0.25, -0.2) is 0 Å². The molecule has 0 aliphatic carbocycles. The highest BCUT2D eigenvalue weighted by Crippen LogP contribution is 2.37. The van der Waals surface area contributed by atoms with Crippen molar-refractivity contribution in [3.8, 4) is 34.3 Å². The molecule has 2 aromatic carbocycles. The summed E-state index contributed by atoms with van der Waals surface area (Å²) in [5.74, 6) is -2.07. The number of phenolic OH excluding ortho intramolecular Hbond substituents is 3. The van der Waals surface area contributed by atoms with E-state index in [1.165, 1.54) is 24.3 Å². The van der Waals surface area contributed by atoms with E-state index < -0.39 is 103 Å². The molecule has 3 aromatic rings. The minimum atomic E-state index is -1.95. The van der Waals surface area contributed by atoms with Gasteiger partial charge < -0.3 is 74.4 Å². The van der Waals surface area contributed by atoms with Gasteiger partial charge in [0, 0.05) is 17.7 Å². The maximum absolute atomic E-state index is 13.6. The highest BCUT2D eigenvalue weighted by atomic mass is 16.7. The molecule has 0 amide bonds. The van der Waals surface area contributed by atoms with Gasteiger partial charge >= 0.3 is 0 Å². The molecular weight excluding hydrogens is 580 g/mol. The van der Waals surface area contributed by atoms with Crippen molar-refractivity contribution in [1.82, 2.24) is 0 Å². The Labute approximate surface area is 241 Å². The molecule has 0 spiro atoms. The van der Waals surface area contributed by atoms with E-state index in [2.05, 4.69) is 0 Å². The van der Waals surface area contributed by atoms with Crippen LogP contribution >= 0.6 is 0 Å². The number of hydrogen-bond donors (Lipinski definition) is 10. The van der Waals surface area contributed by atoms with E-state index in [9.17, 15) is 55.9 Å². The molecule has 4 unspecified atom stereocenters. The van der Waals surface area contributed by atoms with Crippen LogP contribution in [0, 0.1) is 0 Å². The fourth-order valence-electron chi connectivity index (χ4n) is 4.84. The fraction of sp³-hybridized carbons (Fsp3) is 0.444. The molecule has 3 heterocycles. The van der Waals surface area contributed by atoms with E-state index in [4.69, 9.17) is 23.4 Å². The van der Waals surface area contributed by atoms with Crippen LogP contribution in [0.5, 0.6) is 23.0 Å². The summed E-state index contributed by atoms with van der Waals surface area (Å²) in [6.45, 7) is -1.37. The molecule has 43 heavy (non-hydrogen) atoms. The number of aliphatic hydroxyl groups excluding tert-OH is 7. The van der Waals surface area contributed by atoms with Gasteiger partial charge in [0.2, 0.25) is 17.5 Å². The molecule has 16 heteroatoms. The highest BCUT2D eigenvalue weighted by molar-refractivity contribution is 5.88. The molecule has 16 nitrogen and oxygen atoms in total. The summed E-state index contributed by atoms with van der Waals surface area (Å²) >= 11 is 0. The van der Waals surface area contributed by atoms with Gasteiger partial charge in [0.25, 0.3) is 0 Å². The number of rotatable bonds is 7. The standard InChI is InChI=1S/C27H30O16/c28-7-14-17(32)20(35)22(37)26(41-14)39-8-15-18(33)21(36)23(38)27(42-15)43-25-19(34)16-12(31)5-11(30)6-13(16)40-24(25)9-1-3-10(29)4-2-9/h1-6,14-15,17-18,20-23,26-33,35-38H,7-8H2/t14?,15?,17-,18-,20-,21-,22?,23?,26+,27-/m0/s1. The molecule has 2 saturated heterocycles. The topological polar surface area (TPSA) is 269 Å². The molecule has 2 fully saturated rings. The summed E-state index contributed by atoms with van der Waals surface area (Å²) in [4.78, 5) is 13.6. The first-order chi connectivity index (χ1) is 20.4. The van der Waals surface area contributed by atoms with Crippen molar-refractivity contribution >= 4 is 11.0 Å². The molecule has 0 bridgehead atoms. The second-order valence-corrected chi connectivity index (χ2v) is 10.1. The second-order valence-electron chi connectivity index (χ2n) is 10.1. The van der Waals surface area contributed by atoms with Crippen LogP contribution in [0.3, 0.4) is 0 Å². The fourth-order valence-corrected chi connectivity index (χ4v) is 4.84. The zero-order valence-corrected chi connectivity index (χ0v) is 22.1. The third-order valence-electron chi connectivity index (χ3n) is 7.22. The highest BCUT2D eigenvalue weighted by Gasteiger charge is 2.48. The molecule has 0 radical (unpaired) electrons. The van der Waals surface area contributed by atoms with Crippen LogP contribution in [0.2, 0.25) is 0 Å². The Morgan fingerprint density at radius 2 is 1.33 bits per heavy atom. The van der Waals surface area contributed by atoms with Crippen LogP contribution in [0.15, 0.2) is 45.6 Å². The molecule has 234 valence electrons. The van der Waals surface area contributed by atoms with E-state index in [0.29, 0.717) is 0 Å². The Bertz CT molecular complexity index is 1490. The first-order valence-corrected chi connectivity index (χ1v) is 13.0. The Hall–Kier alpha value is -3.55. The molecule has 10 atom stereocenters. The van der Waals surface area contributed by atoms with Gasteiger partial charge in [-0.3, -0.25) is 4.79 Å². The summed E-state index contributed by atoms with van der Waals surface area (Å²) in [5, 5.41) is 101. The van der Waals surface area contributed by atoms with Crippen molar-refractivity contribution < 1.29 is 74.4 Å². The predicted octanol–water partition coefficient (Wildman–Crippen LogP) is -2.42. The zero-order chi connectivity index (χ0) is 31.2. The second kappa shape index (κ2) is 12.2. The van der Waals surface area contributed by atoms with E-state index in [1.807, 2.05) is 0 Å². The van der Waals surface area contributed by atoms with Gasteiger partial charge in [-0.2, -0.15) is 0 Å². The van der Waals surface area contributed by atoms with Gasteiger partial charge in [-0.05, 0) is 24.3 Å². The minimum Gasteiger partial charge on any atom is -0.508 e. The lowest BCUT2D eigenvalue weighted by atomic mass is 9.98. The molecular formula is C27H30O16. The van der Waals surface area contributed by atoms with Gasteiger partial charge in [0.05, 0.1) is 13.2 Å². The Morgan fingerprint density at radius 1 is 0.721 bits per heavy atom. The maximum Gasteiger partial charge on any atom is 0.239 e. The largest absolute Gasteiger partial charge is 0.508 e. The number of aliphatic hydroxyl groups is 7. The maximum atomic E-state index is 13.6. The molecule has 2 aliphatic rings. The van der Waals surface area contributed by atoms with Crippen LogP contribution in [0.1, 0.15) is 0 Å². The summed E-state index contributed by atoms with van der Waals surface area (Å²) < 4.78 is 27.8. The van der Waals surface area contributed by atoms with Crippen molar-refractivity contribution in [3.05, 3.63) is 46.6 Å². The van der Waals surface area contributed by atoms with Gasteiger partial charge in [-0.1, -0.05) is 0 Å². The molecule has 2 aliphatic heterocycles. The van der Waals surface area contributed by atoms with Gasteiger partial charge in [0.1, 0.15) is 77.0 Å². The smallest absolute Gasteiger partial charge is 0.239 e. The SMILES string of the molecule is O=c1c(O[C@@H]2OC(CO[C@@H]3OC(CO)[C@H](O)[C@H](O)C3O)[C@H](O)[C@H](O)C2O)c(-c2ccc(O)cc2)oc2cc(O)cc(O)c12. The van der Waals surface area contributed by atoms with E-state index in [1.54, 1.807) is 0 Å². The van der Waals surface area contributed by atoms with Crippen molar-refractivity contribution in [2.75, 3.05) is 13.2 Å². The van der Waals surface area contributed by atoms with Crippen LogP contribution in [-0.4, -0.2) is 126 Å². The zero-order valence-electron chi connectivity index (χ0n) is 22.1. The summed E-state index contributed by atoms with van der Waals surface area (Å²) in [5.41, 5.74) is -1.01. The lowest BCUT2D eigenvalue weighted by Crippen LogP contribution is -2.62. The number of hydrogen-bond acceptors (Lipinski definition) is 16. The first kappa shape index (κ1) is 30.9. The first-order valence-electron chi connectivity index (χ1n) is 13.0. The van der Waals surface area contributed by atoms with Gasteiger partial charge in [-0.15, -0.1) is 0 Å². The number of aromatic hydroxyl groups is 3. The van der Waals surface area contributed by atoms with Crippen LogP contribution in [0.4, 0.5) is 0 Å². The van der Waals surface area contributed by atoms with Crippen molar-refractivity contribution in [2.24, 2.45) is 0 Å². The number of ether oxygens (including phenoxy) is 4. The summed E-state index contributed by atoms with van der Waals surface area (Å²) in [6.07, 6.45) is -17.1. The van der Waals surface area contributed by atoms with Crippen molar-refractivity contribution in [1.29, 1.82) is 0 Å². The van der Waals surface area contributed by atoms with Crippen molar-refractivity contribution in [2.45, 2.75) is 61.4 Å². The normalized spacial score (nSPS) is 33.0. The molecule has 5 rings (SSSR count). The summed E-state index contributed by atoms with van der Waals surface area (Å²) in [6, 6.07) is 7.25. The number of phenols is 3. The average molecular weight is 611 g/mol. The predicted molar refractivity (Wildman–Crippen MR) is 140 cm³/mol. The third-order valence-corrected chi connectivity index (χ3v) is 7.22. The monoisotopic (exact) mass is 610 g/mol.